The molecule has 0 aromatic heterocycles. The Labute approximate surface area is 92.4 Å². The summed E-state index contributed by atoms with van der Waals surface area (Å²) in [4.78, 5) is 11.7. The normalized spacial score (nSPS) is 21.9. The first-order valence-electron chi connectivity index (χ1n) is 5.94. The molecule has 2 N–H and O–H groups in total. The fraction of sp³-hybridized carbons (Fsp3) is 0.917. The molecule has 1 aliphatic rings. The minimum absolute atomic E-state index is 0.229. The van der Waals surface area contributed by atoms with Crippen molar-refractivity contribution in [2.45, 2.75) is 52.0 Å². The van der Waals surface area contributed by atoms with Crippen molar-refractivity contribution in [2.75, 3.05) is 6.61 Å². The Morgan fingerprint density at radius 1 is 1.60 bits per heavy atom. The zero-order valence-electron chi connectivity index (χ0n) is 10.1. The number of rotatable bonds is 6. The van der Waals surface area contributed by atoms with Crippen LogP contribution in [0.5, 0.6) is 0 Å². The average Bonchev–Trinajstić information content (AvgIpc) is 2.97. The first-order valence-corrected chi connectivity index (χ1v) is 5.94. The number of hydrogen-bond donors (Lipinski definition) is 1. The molecule has 0 saturated heterocycles. The quantitative estimate of drug-likeness (QED) is 0.687. The Morgan fingerprint density at radius 3 is 2.67 bits per heavy atom. The van der Waals surface area contributed by atoms with E-state index in [4.69, 9.17) is 10.5 Å². The van der Waals surface area contributed by atoms with E-state index in [-0.39, 0.29) is 5.97 Å². The Bertz CT molecular complexity index is 222. The third kappa shape index (κ3) is 3.49. The van der Waals surface area contributed by atoms with E-state index in [1.807, 2.05) is 0 Å². The van der Waals surface area contributed by atoms with Crippen molar-refractivity contribution in [2.24, 2.45) is 17.6 Å². The lowest BCUT2D eigenvalue weighted by Gasteiger charge is -2.23. The predicted molar refractivity (Wildman–Crippen MR) is 60.3 cm³/mol. The lowest BCUT2D eigenvalue weighted by Crippen LogP contribution is -2.48. The topological polar surface area (TPSA) is 52.3 Å². The maximum absolute atomic E-state index is 11.7. The fourth-order valence-electron chi connectivity index (χ4n) is 1.80. The second kappa shape index (κ2) is 4.97. The summed E-state index contributed by atoms with van der Waals surface area (Å²) in [5.74, 6) is 0.549. The number of carbonyl (C=O) groups is 1. The molecule has 15 heavy (non-hydrogen) atoms. The minimum atomic E-state index is -0.758. The second-order valence-electron chi connectivity index (χ2n) is 5.05. The SMILES string of the molecule is CCCC(C)COC(=O)C(C)(N)C1CC1. The first kappa shape index (κ1) is 12.5. The number of hydrogen-bond acceptors (Lipinski definition) is 3. The minimum Gasteiger partial charge on any atom is -0.464 e. The Hall–Kier alpha value is -0.570. The van der Waals surface area contributed by atoms with Crippen LogP contribution in [0.2, 0.25) is 0 Å². The van der Waals surface area contributed by atoms with Gasteiger partial charge in [-0.05, 0) is 38.0 Å². The van der Waals surface area contributed by atoms with Crippen LogP contribution in [-0.4, -0.2) is 18.1 Å². The van der Waals surface area contributed by atoms with Crippen LogP contribution in [-0.2, 0) is 9.53 Å². The lowest BCUT2D eigenvalue weighted by atomic mass is 9.98. The highest BCUT2D eigenvalue weighted by Gasteiger charge is 2.45. The molecule has 0 aromatic rings. The zero-order chi connectivity index (χ0) is 11.5. The monoisotopic (exact) mass is 213 g/mol. The van der Waals surface area contributed by atoms with Crippen molar-refractivity contribution >= 4 is 5.97 Å². The maximum atomic E-state index is 11.7. The number of carbonyl (C=O) groups excluding carboxylic acids is 1. The molecule has 1 aliphatic carbocycles. The smallest absolute Gasteiger partial charge is 0.326 e. The summed E-state index contributed by atoms with van der Waals surface area (Å²) < 4.78 is 5.26. The predicted octanol–water partition coefficient (Wildman–Crippen LogP) is 2.09. The van der Waals surface area contributed by atoms with E-state index in [1.54, 1.807) is 6.92 Å². The number of ether oxygens (including phenoxy) is 1. The third-order valence-corrected chi connectivity index (χ3v) is 3.15. The van der Waals surface area contributed by atoms with Gasteiger partial charge in [-0.3, -0.25) is 4.79 Å². The molecule has 1 saturated carbocycles. The number of nitrogens with two attached hydrogens (primary N) is 1. The van der Waals surface area contributed by atoms with E-state index < -0.39 is 5.54 Å². The summed E-state index contributed by atoms with van der Waals surface area (Å²) >= 11 is 0. The van der Waals surface area contributed by atoms with E-state index >= 15 is 0 Å². The average molecular weight is 213 g/mol. The summed E-state index contributed by atoms with van der Waals surface area (Å²) in [6, 6.07) is 0. The summed E-state index contributed by atoms with van der Waals surface area (Å²) in [6.45, 7) is 6.53. The molecule has 2 unspecified atom stereocenters. The molecule has 3 nitrogen and oxygen atoms in total. The Kier molecular flexibility index (Phi) is 4.14. The van der Waals surface area contributed by atoms with Crippen LogP contribution < -0.4 is 5.73 Å². The van der Waals surface area contributed by atoms with Crippen molar-refractivity contribution in [3.8, 4) is 0 Å². The molecule has 1 fully saturated rings. The van der Waals surface area contributed by atoms with Gasteiger partial charge in [0.05, 0.1) is 6.61 Å². The molecule has 2 atom stereocenters. The fourth-order valence-corrected chi connectivity index (χ4v) is 1.80. The maximum Gasteiger partial charge on any atom is 0.326 e. The van der Waals surface area contributed by atoms with Crippen molar-refractivity contribution < 1.29 is 9.53 Å². The molecule has 0 aromatic carbocycles. The lowest BCUT2D eigenvalue weighted by molar-refractivity contribution is -0.151. The Morgan fingerprint density at radius 2 is 2.20 bits per heavy atom. The van der Waals surface area contributed by atoms with Crippen LogP contribution in [0.25, 0.3) is 0 Å². The molecule has 3 heteroatoms. The van der Waals surface area contributed by atoms with Gasteiger partial charge in [-0.25, -0.2) is 0 Å². The van der Waals surface area contributed by atoms with Gasteiger partial charge in [-0.15, -0.1) is 0 Å². The van der Waals surface area contributed by atoms with Gasteiger partial charge in [0.25, 0.3) is 0 Å². The molecule has 1 rings (SSSR count). The van der Waals surface area contributed by atoms with Gasteiger partial charge in [0.15, 0.2) is 0 Å². The highest BCUT2D eigenvalue weighted by atomic mass is 16.5. The molecule has 0 spiro atoms. The third-order valence-electron chi connectivity index (χ3n) is 3.15. The molecule has 0 heterocycles. The summed E-state index contributed by atoms with van der Waals surface area (Å²) in [7, 11) is 0. The standard InChI is InChI=1S/C12H23NO2/c1-4-5-9(2)8-15-11(14)12(3,13)10-6-7-10/h9-10H,4-8,13H2,1-3H3. The van der Waals surface area contributed by atoms with Crippen molar-refractivity contribution in [3.05, 3.63) is 0 Å². The van der Waals surface area contributed by atoms with Crippen LogP contribution in [0, 0.1) is 11.8 Å². The van der Waals surface area contributed by atoms with E-state index in [9.17, 15) is 4.79 Å². The highest BCUT2D eigenvalue weighted by molar-refractivity contribution is 5.80. The zero-order valence-corrected chi connectivity index (χ0v) is 10.1. The Balaban J connectivity index is 2.28. The van der Waals surface area contributed by atoms with E-state index in [2.05, 4.69) is 13.8 Å². The summed E-state index contributed by atoms with van der Waals surface area (Å²) in [6.07, 6.45) is 4.35. The van der Waals surface area contributed by atoms with Gasteiger partial charge in [-0.2, -0.15) is 0 Å². The molecule has 0 aliphatic heterocycles. The van der Waals surface area contributed by atoms with Crippen molar-refractivity contribution in [1.82, 2.24) is 0 Å². The molecule has 0 bridgehead atoms. The van der Waals surface area contributed by atoms with Crippen LogP contribution in [0.15, 0.2) is 0 Å². The molecule has 88 valence electrons. The largest absolute Gasteiger partial charge is 0.464 e. The summed E-state index contributed by atoms with van der Waals surface area (Å²) in [5, 5.41) is 0. The van der Waals surface area contributed by atoms with Crippen molar-refractivity contribution in [3.63, 3.8) is 0 Å². The van der Waals surface area contributed by atoms with Gasteiger partial charge in [-0.1, -0.05) is 20.3 Å². The van der Waals surface area contributed by atoms with Crippen molar-refractivity contribution in [1.29, 1.82) is 0 Å². The summed E-state index contributed by atoms with van der Waals surface area (Å²) in [5.41, 5.74) is 5.19. The van der Waals surface area contributed by atoms with Gasteiger partial charge in [0.1, 0.15) is 5.54 Å². The van der Waals surface area contributed by atoms with Crippen LogP contribution in [0.3, 0.4) is 0 Å². The van der Waals surface area contributed by atoms with Gasteiger partial charge in [0.2, 0.25) is 0 Å². The molecule has 0 amide bonds. The van der Waals surface area contributed by atoms with E-state index in [1.165, 1.54) is 0 Å². The van der Waals surface area contributed by atoms with Gasteiger partial charge < -0.3 is 10.5 Å². The van der Waals surface area contributed by atoms with Crippen LogP contribution >= 0.6 is 0 Å². The molecular formula is C12H23NO2. The van der Waals surface area contributed by atoms with Gasteiger partial charge >= 0.3 is 5.97 Å². The highest BCUT2D eigenvalue weighted by Crippen LogP contribution is 2.38. The number of esters is 1. The van der Waals surface area contributed by atoms with Crippen LogP contribution in [0.1, 0.15) is 46.5 Å². The molecular weight excluding hydrogens is 190 g/mol. The van der Waals surface area contributed by atoms with E-state index in [0.29, 0.717) is 18.4 Å². The second-order valence-corrected chi connectivity index (χ2v) is 5.05. The van der Waals surface area contributed by atoms with Gasteiger partial charge in [0, 0.05) is 0 Å². The van der Waals surface area contributed by atoms with Crippen LogP contribution in [0.4, 0.5) is 0 Å². The van der Waals surface area contributed by atoms with E-state index in [0.717, 1.165) is 25.7 Å². The molecule has 0 radical (unpaired) electrons. The first-order chi connectivity index (χ1) is 6.98.